The van der Waals surface area contributed by atoms with Gasteiger partial charge in [0.25, 0.3) is 0 Å². The van der Waals surface area contributed by atoms with Crippen LogP contribution >= 0.6 is 12.2 Å². The fourth-order valence-corrected chi connectivity index (χ4v) is 4.96. The quantitative estimate of drug-likeness (QED) is 0.624. The second-order valence-corrected chi connectivity index (χ2v) is 9.76. The van der Waals surface area contributed by atoms with E-state index in [1.165, 1.54) is 16.8 Å². The number of hydrogen-bond donors (Lipinski definition) is 1. The zero-order valence-electron chi connectivity index (χ0n) is 19.6. The number of hydrogen-bond acceptors (Lipinski definition) is 5. The zero-order valence-corrected chi connectivity index (χ0v) is 20.4. The molecule has 172 valence electrons. The van der Waals surface area contributed by atoms with Crippen LogP contribution in [0.5, 0.6) is 0 Å². The van der Waals surface area contributed by atoms with Gasteiger partial charge in [-0.1, -0.05) is 36.0 Å². The Morgan fingerprint density at radius 3 is 2.28 bits per heavy atom. The van der Waals surface area contributed by atoms with Gasteiger partial charge in [0.15, 0.2) is 0 Å². The number of aryl methyl sites for hydroxylation is 2. The summed E-state index contributed by atoms with van der Waals surface area (Å²) in [5.74, 6) is 0.985. The average molecular weight is 452 g/mol. The molecule has 3 heterocycles. The second kappa shape index (κ2) is 11.1. The molecule has 32 heavy (non-hydrogen) atoms. The predicted molar refractivity (Wildman–Crippen MR) is 139 cm³/mol. The van der Waals surface area contributed by atoms with Gasteiger partial charge in [-0.25, -0.2) is 4.98 Å². The fraction of sp³-hybridized carbons (Fsp3) is 0.538. The topological polar surface area (TPSA) is 34.6 Å². The number of nitrogens with zero attached hydrogens (tertiary/aromatic N) is 4. The molecule has 0 unspecified atom stereocenters. The molecule has 1 N–H and O–H groups in total. The van der Waals surface area contributed by atoms with E-state index in [-0.39, 0.29) is 0 Å². The first-order chi connectivity index (χ1) is 15.6. The fourth-order valence-electron chi connectivity index (χ4n) is 4.63. The van der Waals surface area contributed by atoms with Gasteiger partial charge in [-0.2, -0.15) is 0 Å². The van der Waals surface area contributed by atoms with Gasteiger partial charge in [-0.05, 0) is 69.8 Å². The molecular weight excluding hydrogens is 414 g/mol. The molecule has 1 aromatic heterocycles. The second-order valence-electron chi connectivity index (χ2n) is 9.29. The van der Waals surface area contributed by atoms with E-state index in [4.69, 9.17) is 12.2 Å². The molecule has 0 spiro atoms. The van der Waals surface area contributed by atoms with Crippen molar-refractivity contribution in [3.8, 4) is 0 Å². The summed E-state index contributed by atoms with van der Waals surface area (Å²) in [4.78, 5) is 13.1. The van der Waals surface area contributed by atoms with Crippen LogP contribution in [0.25, 0.3) is 0 Å². The minimum absolute atomic E-state index is 0.495. The monoisotopic (exact) mass is 451 g/mol. The molecule has 2 aliphatic rings. The molecule has 0 bridgehead atoms. The molecular formula is C26H37N5S. The number of aromatic nitrogens is 1. The molecule has 0 saturated carbocycles. The number of nitrogens with one attached hydrogen (secondary N) is 1. The number of benzene rings is 1. The molecule has 1 aromatic carbocycles. The molecule has 0 aliphatic carbocycles. The highest BCUT2D eigenvalue weighted by Gasteiger charge is 2.21. The largest absolute Gasteiger partial charge is 0.369 e. The maximum absolute atomic E-state index is 5.78. The van der Waals surface area contributed by atoms with E-state index < -0.39 is 0 Å². The average Bonchev–Trinajstić information content (AvgIpc) is 2.82. The Bertz CT molecular complexity index is 851. The summed E-state index contributed by atoms with van der Waals surface area (Å²) >= 11 is 5.78. The van der Waals surface area contributed by atoms with Gasteiger partial charge in [0, 0.05) is 57.2 Å². The molecule has 2 saturated heterocycles. The van der Waals surface area contributed by atoms with Crippen LogP contribution in [0.3, 0.4) is 0 Å². The van der Waals surface area contributed by atoms with Gasteiger partial charge in [-0.15, -0.1) is 0 Å². The normalized spacial score (nSPS) is 18.1. The number of anilines is 2. The summed E-state index contributed by atoms with van der Waals surface area (Å²) in [6.07, 6.45) is 6.36. The third kappa shape index (κ3) is 6.42. The molecule has 4 rings (SSSR count). The summed E-state index contributed by atoms with van der Waals surface area (Å²) in [6.45, 7) is 12.0. The highest BCUT2D eigenvalue weighted by atomic mass is 32.1. The van der Waals surface area contributed by atoms with Crippen LogP contribution in [0.15, 0.2) is 42.6 Å². The molecule has 2 aromatic rings. The summed E-state index contributed by atoms with van der Waals surface area (Å²) in [5, 5.41) is 3.58. The smallest absolute Gasteiger partial charge is 0.126 e. The Balaban J connectivity index is 1.11. The van der Waals surface area contributed by atoms with Crippen LogP contribution in [-0.2, 0) is 0 Å². The summed E-state index contributed by atoms with van der Waals surface area (Å²) in [5.41, 5.74) is 3.88. The molecule has 0 amide bonds. The van der Waals surface area contributed by atoms with E-state index in [9.17, 15) is 0 Å². The van der Waals surface area contributed by atoms with Gasteiger partial charge < -0.3 is 15.1 Å². The lowest BCUT2D eigenvalue weighted by atomic mass is 10.0. The minimum atomic E-state index is 0.495. The molecule has 2 fully saturated rings. The molecule has 6 heteroatoms. The van der Waals surface area contributed by atoms with Crippen molar-refractivity contribution in [3.63, 3.8) is 0 Å². The van der Waals surface area contributed by atoms with Crippen molar-refractivity contribution >= 4 is 28.7 Å². The number of likely N-dealkylation sites (tertiary alicyclic amines) is 1. The lowest BCUT2D eigenvalue weighted by molar-refractivity contribution is 0.254. The summed E-state index contributed by atoms with van der Waals surface area (Å²) < 4.78 is 0. The Morgan fingerprint density at radius 2 is 1.62 bits per heavy atom. The van der Waals surface area contributed by atoms with Crippen LogP contribution in [-0.4, -0.2) is 71.6 Å². The molecule has 0 atom stereocenters. The third-order valence-electron chi connectivity index (χ3n) is 6.75. The van der Waals surface area contributed by atoms with Crippen molar-refractivity contribution in [2.24, 2.45) is 0 Å². The Morgan fingerprint density at radius 1 is 0.938 bits per heavy atom. The van der Waals surface area contributed by atoms with Crippen molar-refractivity contribution in [1.29, 1.82) is 0 Å². The van der Waals surface area contributed by atoms with E-state index >= 15 is 0 Å². The molecule has 5 nitrogen and oxygen atoms in total. The maximum Gasteiger partial charge on any atom is 0.126 e. The van der Waals surface area contributed by atoms with Crippen LogP contribution < -0.4 is 10.2 Å². The van der Waals surface area contributed by atoms with Crippen LogP contribution in [0, 0.1) is 13.8 Å². The van der Waals surface area contributed by atoms with Crippen LogP contribution in [0.1, 0.15) is 36.8 Å². The van der Waals surface area contributed by atoms with E-state index in [0.29, 0.717) is 6.04 Å². The molecule has 2 aliphatic heterocycles. The van der Waals surface area contributed by atoms with Crippen molar-refractivity contribution in [2.75, 3.05) is 56.0 Å². The Labute approximate surface area is 198 Å². The number of thiocarbonyl (C=S) groups is 1. The number of pyridine rings is 1. The Kier molecular flexibility index (Phi) is 7.98. The van der Waals surface area contributed by atoms with Crippen molar-refractivity contribution in [3.05, 3.63) is 53.7 Å². The van der Waals surface area contributed by atoms with Crippen molar-refractivity contribution in [2.45, 2.75) is 45.6 Å². The van der Waals surface area contributed by atoms with E-state index in [1.807, 2.05) is 6.20 Å². The standard InChI is InChI=1S/C26H37N5S/c1-21-5-8-24(9-6-21)30-18-16-29(17-19-30)13-3-4-26(32)31-14-11-23(12-15-31)28-25-10-7-22(2)20-27-25/h5-10,20,23H,3-4,11-19H2,1-2H3,(H,27,28). The molecule has 0 radical (unpaired) electrons. The first kappa shape index (κ1) is 23.0. The summed E-state index contributed by atoms with van der Waals surface area (Å²) in [6, 6.07) is 13.6. The summed E-state index contributed by atoms with van der Waals surface area (Å²) in [7, 11) is 0. The first-order valence-corrected chi connectivity index (χ1v) is 12.5. The van der Waals surface area contributed by atoms with Crippen LogP contribution in [0.4, 0.5) is 11.5 Å². The number of piperazine rings is 1. The van der Waals surface area contributed by atoms with Gasteiger partial charge >= 0.3 is 0 Å². The Hall–Kier alpha value is -2.18. The van der Waals surface area contributed by atoms with Gasteiger partial charge in [0.05, 0.1) is 4.99 Å². The lowest BCUT2D eigenvalue weighted by Gasteiger charge is -2.37. The minimum Gasteiger partial charge on any atom is -0.369 e. The van der Waals surface area contributed by atoms with Crippen molar-refractivity contribution in [1.82, 2.24) is 14.8 Å². The van der Waals surface area contributed by atoms with Crippen molar-refractivity contribution < 1.29 is 0 Å². The maximum atomic E-state index is 5.78. The third-order valence-corrected chi connectivity index (χ3v) is 7.21. The zero-order chi connectivity index (χ0) is 22.3. The highest BCUT2D eigenvalue weighted by molar-refractivity contribution is 7.80. The number of rotatable bonds is 7. The highest BCUT2D eigenvalue weighted by Crippen LogP contribution is 2.19. The van der Waals surface area contributed by atoms with Gasteiger partial charge in [0.1, 0.15) is 5.82 Å². The van der Waals surface area contributed by atoms with Gasteiger partial charge in [-0.3, -0.25) is 4.90 Å². The SMILES string of the molecule is Cc1ccc(N2CCN(CCCC(=S)N3CCC(Nc4ccc(C)cn4)CC3)CC2)cc1. The predicted octanol–water partition coefficient (Wildman–Crippen LogP) is 4.50. The van der Waals surface area contributed by atoms with Crippen LogP contribution in [0.2, 0.25) is 0 Å². The van der Waals surface area contributed by atoms with E-state index in [1.54, 1.807) is 0 Å². The van der Waals surface area contributed by atoms with Gasteiger partial charge in [0.2, 0.25) is 0 Å². The lowest BCUT2D eigenvalue weighted by Crippen LogP contribution is -2.47. The first-order valence-electron chi connectivity index (χ1n) is 12.1. The number of piperidine rings is 1. The van der Waals surface area contributed by atoms with E-state index in [2.05, 4.69) is 75.2 Å². The van der Waals surface area contributed by atoms with E-state index in [0.717, 1.165) is 82.3 Å².